The Morgan fingerprint density at radius 3 is 2.58 bits per heavy atom. The normalized spacial score (nSPS) is 16.2. The molecule has 0 unspecified atom stereocenters. The highest BCUT2D eigenvalue weighted by atomic mass is 35.5. The van der Waals surface area contributed by atoms with Crippen molar-refractivity contribution in [2.45, 2.75) is 29.3 Å². The predicted molar refractivity (Wildman–Crippen MR) is 102 cm³/mol. The minimum Gasteiger partial charge on any atom is -0.317 e. The molecule has 0 amide bonds. The number of hydrogen-bond donors (Lipinski definition) is 1. The van der Waals surface area contributed by atoms with Crippen LogP contribution in [0.15, 0.2) is 58.5 Å². The maximum absolute atomic E-state index is 13.1. The van der Waals surface area contributed by atoms with E-state index in [-0.39, 0.29) is 9.92 Å². The van der Waals surface area contributed by atoms with Crippen molar-refractivity contribution in [2.75, 3.05) is 13.1 Å². The zero-order valence-electron chi connectivity index (χ0n) is 14.2. The van der Waals surface area contributed by atoms with Crippen LogP contribution in [0.25, 0.3) is 10.9 Å². The molecule has 1 aliphatic rings. The molecule has 1 aromatic heterocycles. The molecular formula is C19H20ClN3O2S. The van der Waals surface area contributed by atoms with Gasteiger partial charge in [-0.3, -0.25) is 4.68 Å². The van der Waals surface area contributed by atoms with E-state index in [1.165, 1.54) is 0 Å². The molecule has 1 aliphatic heterocycles. The van der Waals surface area contributed by atoms with Crippen LogP contribution >= 0.6 is 11.6 Å². The Morgan fingerprint density at radius 1 is 1.12 bits per heavy atom. The smallest absolute Gasteiger partial charge is 0.226 e. The van der Waals surface area contributed by atoms with Crippen molar-refractivity contribution in [3.8, 4) is 0 Å². The van der Waals surface area contributed by atoms with E-state index in [0.717, 1.165) is 31.4 Å². The van der Waals surface area contributed by atoms with Crippen LogP contribution in [-0.2, 0) is 16.4 Å². The highest BCUT2D eigenvalue weighted by molar-refractivity contribution is 7.91. The molecule has 0 bridgehead atoms. The summed E-state index contributed by atoms with van der Waals surface area (Å²) in [7, 11) is -3.69. The summed E-state index contributed by atoms with van der Waals surface area (Å²) >= 11 is 6.17. The monoisotopic (exact) mass is 389 g/mol. The molecule has 0 radical (unpaired) electrons. The van der Waals surface area contributed by atoms with Gasteiger partial charge in [0.05, 0.1) is 10.4 Å². The summed E-state index contributed by atoms with van der Waals surface area (Å²) < 4.78 is 28.1. The van der Waals surface area contributed by atoms with Crippen molar-refractivity contribution in [1.82, 2.24) is 15.1 Å². The van der Waals surface area contributed by atoms with Crippen LogP contribution in [-0.4, -0.2) is 31.3 Å². The fraction of sp³-hybridized carbons (Fsp3) is 0.316. The van der Waals surface area contributed by atoms with E-state index in [0.29, 0.717) is 22.9 Å². The molecule has 1 saturated heterocycles. The molecular weight excluding hydrogens is 370 g/mol. The number of nitrogens with one attached hydrogen (secondary N) is 1. The molecule has 0 saturated carbocycles. The fourth-order valence-electron chi connectivity index (χ4n) is 3.47. The summed E-state index contributed by atoms with van der Waals surface area (Å²) in [6.07, 6.45) is 2.12. The first-order chi connectivity index (χ1) is 12.6. The van der Waals surface area contributed by atoms with Crippen LogP contribution in [0.3, 0.4) is 0 Å². The molecule has 0 spiro atoms. The van der Waals surface area contributed by atoms with Crippen LogP contribution in [0.1, 0.15) is 12.8 Å². The van der Waals surface area contributed by atoms with Gasteiger partial charge in [0.1, 0.15) is 0 Å². The number of nitrogens with zero attached hydrogens (tertiary/aromatic N) is 2. The minimum atomic E-state index is -3.69. The minimum absolute atomic E-state index is 0.101. The van der Waals surface area contributed by atoms with Gasteiger partial charge in [-0.15, -0.1) is 0 Å². The molecule has 7 heteroatoms. The number of fused-ring (bicyclic) bond motifs is 1. The lowest BCUT2D eigenvalue weighted by Crippen LogP contribution is -2.30. The lowest BCUT2D eigenvalue weighted by molar-refractivity contribution is 0.323. The first-order valence-electron chi connectivity index (χ1n) is 8.72. The Hall–Kier alpha value is -1.89. The van der Waals surface area contributed by atoms with Crippen LogP contribution in [0.2, 0.25) is 5.02 Å². The molecule has 3 aromatic rings. The Morgan fingerprint density at radius 2 is 1.85 bits per heavy atom. The second-order valence-electron chi connectivity index (χ2n) is 6.66. The second-order valence-corrected chi connectivity index (χ2v) is 8.96. The molecule has 136 valence electrons. The number of piperidine rings is 1. The van der Waals surface area contributed by atoms with Crippen LogP contribution in [0.5, 0.6) is 0 Å². The molecule has 1 N–H and O–H groups in total. The topological polar surface area (TPSA) is 64.0 Å². The molecule has 2 heterocycles. The molecule has 5 nitrogen and oxygen atoms in total. The van der Waals surface area contributed by atoms with Crippen molar-refractivity contribution in [2.24, 2.45) is 5.92 Å². The molecule has 0 aliphatic carbocycles. The summed E-state index contributed by atoms with van der Waals surface area (Å²) in [5, 5.41) is 9.17. The number of hydrogen-bond acceptors (Lipinski definition) is 4. The Kier molecular flexibility index (Phi) is 4.73. The number of sulfone groups is 1. The fourth-order valence-corrected chi connectivity index (χ4v) is 5.05. The van der Waals surface area contributed by atoms with Crippen LogP contribution in [0, 0.1) is 5.92 Å². The molecule has 26 heavy (non-hydrogen) atoms. The highest BCUT2D eigenvalue weighted by Gasteiger charge is 2.26. The van der Waals surface area contributed by atoms with Crippen molar-refractivity contribution in [1.29, 1.82) is 0 Å². The maximum atomic E-state index is 13.1. The van der Waals surface area contributed by atoms with E-state index in [4.69, 9.17) is 11.6 Å². The SMILES string of the molecule is O=S(=O)(c1ccccc1)c1nn(CC2CCNCC2)c2cc(Cl)ccc12. The largest absolute Gasteiger partial charge is 0.317 e. The van der Waals surface area contributed by atoms with Crippen molar-refractivity contribution in [3.05, 3.63) is 53.6 Å². The zero-order chi connectivity index (χ0) is 18.1. The van der Waals surface area contributed by atoms with Gasteiger partial charge in [-0.2, -0.15) is 5.10 Å². The quantitative estimate of drug-likeness (QED) is 0.741. The van der Waals surface area contributed by atoms with Gasteiger partial charge in [-0.05, 0) is 62.2 Å². The van der Waals surface area contributed by atoms with Gasteiger partial charge in [-0.25, -0.2) is 8.42 Å². The third-order valence-corrected chi connectivity index (χ3v) is 6.82. The number of benzene rings is 2. The lowest BCUT2D eigenvalue weighted by atomic mass is 9.98. The predicted octanol–water partition coefficient (Wildman–Crippen LogP) is 3.52. The van der Waals surface area contributed by atoms with Gasteiger partial charge in [0.25, 0.3) is 0 Å². The standard InChI is InChI=1S/C19H20ClN3O2S/c20-15-6-7-17-18(12-15)23(13-14-8-10-21-11-9-14)22-19(17)26(24,25)16-4-2-1-3-5-16/h1-7,12,14,21H,8-11,13H2. The number of rotatable bonds is 4. The van der Waals surface area contributed by atoms with Crippen LogP contribution in [0.4, 0.5) is 0 Å². The summed E-state index contributed by atoms with van der Waals surface area (Å²) in [4.78, 5) is 0.253. The summed E-state index contributed by atoms with van der Waals surface area (Å²) in [5.41, 5.74) is 0.769. The summed E-state index contributed by atoms with van der Waals surface area (Å²) in [6.45, 7) is 2.67. The van der Waals surface area contributed by atoms with E-state index >= 15 is 0 Å². The average Bonchev–Trinajstić information content (AvgIpc) is 3.02. The Bertz CT molecular complexity index is 1030. The number of aromatic nitrogens is 2. The van der Waals surface area contributed by atoms with E-state index < -0.39 is 9.84 Å². The van der Waals surface area contributed by atoms with Gasteiger partial charge in [-0.1, -0.05) is 29.8 Å². The third kappa shape index (κ3) is 3.24. The van der Waals surface area contributed by atoms with Gasteiger partial charge >= 0.3 is 0 Å². The van der Waals surface area contributed by atoms with Gasteiger partial charge in [0, 0.05) is 17.0 Å². The molecule has 1 fully saturated rings. The van der Waals surface area contributed by atoms with Gasteiger partial charge < -0.3 is 5.32 Å². The first-order valence-corrected chi connectivity index (χ1v) is 10.6. The number of halogens is 1. The van der Waals surface area contributed by atoms with Crippen LogP contribution < -0.4 is 5.32 Å². The third-order valence-electron chi connectivity index (χ3n) is 4.88. The maximum Gasteiger partial charge on any atom is 0.226 e. The molecule has 4 rings (SSSR count). The summed E-state index contributed by atoms with van der Waals surface area (Å²) in [5.74, 6) is 0.477. The Labute approximate surface area is 157 Å². The van der Waals surface area contributed by atoms with Crippen molar-refractivity contribution >= 4 is 32.3 Å². The molecule has 0 atom stereocenters. The van der Waals surface area contributed by atoms with Crippen molar-refractivity contribution in [3.63, 3.8) is 0 Å². The average molecular weight is 390 g/mol. The van der Waals surface area contributed by atoms with E-state index in [1.54, 1.807) is 48.5 Å². The van der Waals surface area contributed by atoms with E-state index in [1.807, 2.05) is 4.68 Å². The van der Waals surface area contributed by atoms with Crippen molar-refractivity contribution < 1.29 is 8.42 Å². The second kappa shape index (κ2) is 7.02. The Balaban J connectivity index is 1.83. The zero-order valence-corrected chi connectivity index (χ0v) is 15.8. The molecule has 2 aromatic carbocycles. The van der Waals surface area contributed by atoms with E-state index in [2.05, 4.69) is 10.4 Å². The summed E-state index contributed by atoms with van der Waals surface area (Å²) in [6, 6.07) is 13.7. The lowest BCUT2D eigenvalue weighted by Gasteiger charge is -2.22. The first kappa shape index (κ1) is 17.5. The van der Waals surface area contributed by atoms with Gasteiger partial charge in [0.15, 0.2) is 5.03 Å². The van der Waals surface area contributed by atoms with Gasteiger partial charge in [0.2, 0.25) is 9.84 Å². The highest BCUT2D eigenvalue weighted by Crippen LogP contribution is 2.30. The van der Waals surface area contributed by atoms with E-state index in [9.17, 15) is 8.42 Å².